The molecule has 0 amide bonds. The van der Waals surface area contributed by atoms with Crippen LogP contribution in [0.1, 0.15) is 5.56 Å². The SMILES string of the molecule is S=C(S)NCCc1ccccc1. The van der Waals surface area contributed by atoms with Crippen LogP contribution in [0, 0.1) is 0 Å². The molecule has 0 bridgehead atoms. The maximum atomic E-state index is 4.76. The molecule has 0 aliphatic rings. The molecule has 0 saturated heterocycles. The van der Waals surface area contributed by atoms with Gasteiger partial charge in [0.15, 0.2) is 0 Å². The molecule has 3 heteroatoms. The molecule has 0 heterocycles. The molecule has 1 aromatic carbocycles. The van der Waals surface area contributed by atoms with E-state index in [1.54, 1.807) is 0 Å². The van der Waals surface area contributed by atoms with Gasteiger partial charge in [-0.3, -0.25) is 0 Å². The number of hydrogen-bond acceptors (Lipinski definition) is 1. The lowest BCUT2D eigenvalue weighted by atomic mass is 10.2. The molecule has 1 N–H and O–H groups in total. The second-order valence-electron chi connectivity index (χ2n) is 2.47. The van der Waals surface area contributed by atoms with Crippen molar-refractivity contribution >= 4 is 29.2 Å². The summed E-state index contributed by atoms with van der Waals surface area (Å²) in [5.74, 6) is 0. The highest BCUT2D eigenvalue weighted by molar-refractivity contribution is 8.11. The summed E-state index contributed by atoms with van der Waals surface area (Å²) >= 11 is 8.73. The lowest BCUT2D eigenvalue weighted by Crippen LogP contribution is -2.19. The van der Waals surface area contributed by atoms with E-state index in [-0.39, 0.29) is 0 Å². The fourth-order valence-electron chi connectivity index (χ4n) is 0.958. The smallest absolute Gasteiger partial charge is 0.130 e. The molecule has 1 aromatic rings. The monoisotopic (exact) mass is 197 g/mol. The van der Waals surface area contributed by atoms with Gasteiger partial charge in [-0.15, -0.1) is 12.6 Å². The Bertz CT molecular complexity index is 246. The Morgan fingerprint density at radius 2 is 2.00 bits per heavy atom. The second-order valence-corrected chi connectivity index (χ2v) is 3.63. The number of thiol groups is 1. The first-order chi connectivity index (χ1) is 5.79. The van der Waals surface area contributed by atoms with E-state index in [1.807, 2.05) is 18.2 Å². The number of rotatable bonds is 3. The first-order valence-electron chi connectivity index (χ1n) is 3.80. The van der Waals surface area contributed by atoms with Crippen LogP contribution in [0.2, 0.25) is 0 Å². The van der Waals surface area contributed by atoms with E-state index in [1.165, 1.54) is 5.56 Å². The van der Waals surface area contributed by atoms with Crippen LogP contribution in [0.5, 0.6) is 0 Å². The maximum Gasteiger partial charge on any atom is 0.130 e. The van der Waals surface area contributed by atoms with Gasteiger partial charge in [-0.1, -0.05) is 42.5 Å². The molecule has 1 rings (SSSR count). The average molecular weight is 197 g/mol. The van der Waals surface area contributed by atoms with Crippen LogP contribution < -0.4 is 5.32 Å². The van der Waals surface area contributed by atoms with Gasteiger partial charge in [0.1, 0.15) is 4.32 Å². The second kappa shape index (κ2) is 5.17. The Balaban J connectivity index is 2.29. The van der Waals surface area contributed by atoms with E-state index in [0.29, 0.717) is 4.32 Å². The van der Waals surface area contributed by atoms with E-state index >= 15 is 0 Å². The predicted octanol–water partition coefficient (Wildman–Crippen LogP) is 2.03. The Hall–Kier alpha value is -0.540. The van der Waals surface area contributed by atoms with Crippen molar-refractivity contribution in [2.45, 2.75) is 6.42 Å². The normalized spacial score (nSPS) is 9.42. The lowest BCUT2D eigenvalue weighted by Gasteiger charge is -2.02. The van der Waals surface area contributed by atoms with Crippen LogP contribution in [0.3, 0.4) is 0 Å². The van der Waals surface area contributed by atoms with Crippen LogP contribution in [-0.4, -0.2) is 10.9 Å². The highest BCUT2D eigenvalue weighted by atomic mass is 32.1. The molecule has 1 nitrogen and oxygen atoms in total. The van der Waals surface area contributed by atoms with Gasteiger partial charge in [0, 0.05) is 6.54 Å². The Labute approximate surface area is 83.6 Å². The molecular formula is C9H11NS2. The first kappa shape index (κ1) is 9.55. The summed E-state index contributed by atoms with van der Waals surface area (Å²) in [6.45, 7) is 0.854. The zero-order chi connectivity index (χ0) is 8.81. The molecule has 0 fully saturated rings. The van der Waals surface area contributed by atoms with Crippen LogP contribution >= 0.6 is 24.8 Å². The zero-order valence-electron chi connectivity index (χ0n) is 6.66. The highest BCUT2D eigenvalue weighted by Gasteiger charge is 1.90. The average Bonchev–Trinajstić information content (AvgIpc) is 2.05. The minimum absolute atomic E-state index is 0.561. The van der Waals surface area contributed by atoms with Crippen molar-refractivity contribution in [3.05, 3.63) is 35.9 Å². The van der Waals surface area contributed by atoms with E-state index in [2.05, 4.69) is 30.1 Å². The van der Waals surface area contributed by atoms with Crippen molar-refractivity contribution in [3.63, 3.8) is 0 Å². The van der Waals surface area contributed by atoms with Gasteiger partial charge in [-0.25, -0.2) is 0 Å². The molecule has 0 spiro atoms. The molecule has 0 unspecified atom stereocenters. The van der Waals surface area contributed by atoms with Gasteiger partial charge < -0.3 is 5.32 Å². The predicted molar refractivity (Wildman–Crippen MR) is 59.7 cm³/mol. The van der Waals surface area contributed by atoms with Crippen molar-refractivity contribution in [1.82, 2.24) is 5.32 Å². The fourth-order valence-corrected chi connectivity index (χ4v) is 1.17. The molecule has 0 aromatic heterocycles. The van der Waals surface area contributed by atoms with Crippen LogP contribution in [0.25, 0.3) is 0 Å². The Morgan fingerprint density at radius 3 is 2.58 bits per heavy atom. The fraction of sp³-hybridized carbons (Fsp3) is 0.222. The summed E-state index contributed by atoms with van der Waals surface area (Å²) in [6.07, 6.45) is 0.988. The first-order valence-corrected chi connectivity index (χ1v) is 4.65. The molecule has 0 radical (unpaired) electrons. The summed E-state index contributed by atoms with van der Waals surface area (Å²) in [6, 6.07) is 10.3. The van der Waals surface area contributed by atoms with E-state index in [9.17, 15) is 0 Å². The topological polar surface area (TPSA) is 12.0 Å². The van der Waals surface area contributed by atoms with Gasteiger partial charge in [0.05, 0.1) is 0 Å². The molecule has 0 aliphatic heterocycles. The summed E-state index contributed by atoms with van der Waals surface area (Å²) < 4.78 is 0.561. The quantitative estimate of drug-likeness (QED) is 0.568. The van der Waals surface area contributed by atoms with Gasteiger partial charge in [0.25, 0.3) is 0 Å². The standard InChI is InChI=1S/C9H11NS2/c11-9(12)10-7-6-8-4-2-1-3-5-8/h1-5H,6-7H2,(H2,10,11,12). The van der Waals surface area contributed by atoms with Crippen LogP contribution in [0.4, 0.5) is 0 Å². The van der Waals surface area contributed by atoms with Gasteiger partial charge in [0.2, 0.25) is 0 Å². The lowest BCUT2D eigenvalue weighted by molar-refractivity contribution is 0.883. The summed E-state index contributed by atoms with van der Waals surface area (Å²) in [5, 5.41) is 2.99. The third-order valence-electron chi connectivity index (χ3n) is 1.53. The molecule has 12 heavy (non-hydrogen) atoms. The highest BCUT2D eigenvalue weighted by Crippen LogP contribution is 1.98. The molecule has 0 atom stereocenters. The van der Waals surface area contributed by atoms with E-state index in [0.717, 1.165) is 13.0 Å². The van der Waals surface area contributed by atoms with Crippen molar-refractivity contribution in [2.24, 2.45) is 0 Å². The van der Waals surface area contributed by atoms with Crippen molar-refractivity contribution in [2.75, 3.05) is 6.54 Å². The van der Waals surface area contributed by atoms with Gasteiger partial charge in [-0.05, 0) is 12.0 Å². The van der Waals surface area contributed by atoms with Crippen molar-refractivity contribution in [3.8, 4) is 0 Å². The van der Waals surface area contributed by atoms with Crippen LogP contribution in [-0.2, 0) is 6.42 Å². The molecule has 64 valence electrons. The minimum atomic E-state index is 0.561. The molecular weight excluding hydrogens is 186 g/mol. The minimum Gasteiger partial charge on any atom is -0.371 e. The largest absolute Gasteiger partial charge is 0.371 e. The number of hydrogen-bond donors (Lipinski definition) is 2. The number of nitrogens with one attached hydrogen (secondary N) is 1. The number of thiocarbonyl (C=S) groups is 1. The van der Waals surface area contributed by atoms with Crippen molar-refractivity contribution in [1.29, 1.82) is 0 Å². The molecule has 0 aliphatic carbocycles. The molecule has 0 saturated carbocycles. The van der Waals surface area contributed by atoms with Crippen molar-refractivity contribution < 1.29 is 0 Å². The summed E-state index contributed by atoms with van der Waals surface area (Å²) in [7, 11) is 0. The summed E-state index contributed by atoms with van der Waals surface area (Å²) in [5.41, 5.74) is 1.31. The van der Waals surface area contributed by atoms with E-state index in [4.69, 9.17) is 12.2 Å². The zero-order valence-corrected chi connectivity index (χ0v) is 8.37. The van der Waals surface area contributed by atoms with E-state index < -0.39 is 0 Å². The maximum absolute atomic E-state index is 4.76. The third kappa shape index (κ3) is 3.74. The Morgan fingerprint density at radius 1 is 1.33 bits per heavy atom. The summed E-state index contributed by atoms with van der Waals surface area (Å²) in [4.78, 5) is 0. The van der Waals surface area contributed by atoms with Gasteiger partial charge in [-0.2, -0.15) is 0 Å². The third-order valence-corrected chi connectivity index (χ3v) is 1.84. The number of benzene rings is 1. The Kier molecular flexibility index (Phi) is 4.11. The van der Waals surface area contributed by atoms with Gasteiger partial charge >= 0.3 is 0 Å². The van der Waals surface area contributed by atoms with Crippen LogP contribution in [0.15, 0.2) is 30.3 Å².